The lowest BCUT2D eigenvalue weighted by molar-refractivity contribution is -0.151. The first-order valence-corrected chi connectivity index (χ1v) is 6.45. The molecule has 0 fully saturated rings. The molecule has 0 aliphatic heterocycles. The van der Waals surface area contributed by atoms with Crippen LogP contribution >= 0.6 is 11.8 Å². The Hall–Kier alpha value is -1.64. The second-order valence-electron chi connectivity index (χ2n) is 4.14. The van der Waals surface area contributed by atoms with Crippen molar-refractivity contribution in [3.05, 3.63) is 23.8 Å². The van der Waals surface area contributed by atoms with Gasteiger partial charge in [-0.1, -0.05) is 6.58 Å². The van der Waals surface area contributed by atoms with Crippen LogP contribution in [0.3, 0.4) is 0 Å². The van der Waals surface area contributed by atoms with Crippen molar-refractivity contribution < 1.29 is 29.7 Å². The van der Waals surface area contributed by atoms with Crippen LogP contribution in [-0.2, 0) is 14.4 Å². The molecular weight excluding hydrogens is 274 g/mol. The molecule has 0 saturated carbocycles. The number of thioether (sulfide) groups is 1. The van der Waals surface area contributed by atoms with Gasteiger partial charge in [-0.15, -0.1) is 0 Å². The highest BCUT2D eigenvalue weighted by Crippen LogP contribution is 2.43. The highest BCUT2D eigenvalue weighted by Gasteiger charge is 2.63. The summed E-state index contributed by atoms with van der Waals surface area (Å²) in [6, 6.07) is 0. The lowest BCUT2D eigenvalue weighted by Crippen LogP contribution is -2.73. The van der Waals surface area contributed by atoms with Gasteiger partial charge < -0.3 is 21.1 Å². The second-order valence-corrected chi connectivity index (χ2v) is 5.00. The molecule has 7 nitrogen and oxygen atoms in total. The van der Waals surface area contributed by atoms with Crippen molar-refractivity contribution in [1.82, 2.24) is 0 Å². The fourth-order valence-corrected chi connectivity index (χ4v) is 2.58. The average Bonchev–Trinajstić information content (AvgIpc) is 2.33. The minimum Gasteiger partial charge on any atom is -0.480 e. The number of carboxylic acids is 2. The Balaban J connectivity index is 3.23. The van der Waals surface area contributed by atoms with Gasteiger partial charge >= 0.3 is 11.9 Å². The molecular formula is C11H13NO6S. The molecule has 0 radical (unpaired) electrons. The lowest BCUT2D eigenvalue weighted by Gasteiger charge is -2.48. The fourth-order valence-electron chi connectivity index (χ4n) is 1.77. The number of nitrogens with two attached hydrogens (primary N) is 1. The predicted octanol–water partition coefficient (Wildman–Crippen LogP) is -0.987. The maximum Gasteiger partial charge on any atom is 0.339 e. The molecule has 0 amide bonds. The van der Waals surface area contributed by atoms with Gasteiger partial charge in [0.25, 0.3) is 0 Å². The highest BCUT2D eigenvalue weighted by atomic mass is 32.2. The van der Waals surface area contributed by atoms with Gasteiger partial charge in [-0.25, -0.2) is 9.59 Å². The summed E-state index contributed by atoms with van der Waals surface area (Å²) in [5.74, 6) is -4.21. The van der Waals surface area contributed by atoms with Crippen molar-refractivity contribution in [2.24, 2.45) is 5.73 Å². The van der Waals surface area contributed by atoms with Crippen molar-refractivity contribution in [3.63, 3.8) is 0 Å². The van der Waals surface area contributed by atoms with Crippen LogP contribution in [0.4, 0.5) is 0 Å². The third-order valence-corrected chi connectivity index (χ3v) is 3.69. The largest absolute Gasteiger partial charge is 0.480 e. The van der Waals surface area contributed by atoms with E-state index in [0.29, 0.717) is 0 Å². The van der Waals surface area contributed by atoms with Crippen LogP contribution in [0.5, 0.6) is 0 Å². The van der Waals surface area contributed by atoms with Crippen LogP contribution in [-0.4, -0.2) is 56.2 Å². The van der Waals surface area contributed by atoms with Crippen molar-refractivity contribution in [3.8, 4) is 0 Å². The van der Waals surface area contributed by atoms with Crippen molar-refractivity contribution in [2.45, 2.75) is 11.1 Å². The van der Waals surface area contributed by atoms with Crippen LogP contribution in [0.2, 0.25) is 0 Å². The first-order valence-electron chi connectivity index (χ1n) is 5.05. The number of aliphatic hydroxyl groups is 1. The number of Topliss-reactive ketones (excluding diaryl/α,β-unsaturated/α-hetero) is 1. The van der Waals surface area contributed by atoms with Crippen LogP contribution in [0.25, 0.3) is 0 Å². The minimum atomic E-state index is -2.12. The molecule has 1 aliphatic rings. The van der Waals surface area contributed by atoms with Gasteiger partial charge in [0.15, 0.2) is 11.3 Å². The predicted molar refractivity (Wildman–Crippen MR) is 67.8 cm³/mol. The minimum absolute atomic E-state index is 0.153. The highest BCUT2D eigenvalue weighted by molar-refractivity contribution is 7.98. The van der Waals surface area contributed by atoms with E-state index in [2.05, 4.69) is 6.58 Å². The van der Waals surface area contributed by atoms with Gasteiger partial charge in [0.1, 0.15) is 5.60 Å². The number of carbonyl (C=O) groups is 3. The molecule has 2 atom stereocenters. The normalized spacial score (nSPS) is 29.1. The van der Waals surface area contributed by atoms with Gasteiger partial charge in [-0.3, -0.25) is 4.79 Å². The third kappa shape index (κ3) is 2.07. The Kier molecular flexibility index (Phi) is 3.89. The maximum atomic E-state index is 11.8. The van der Waals surface area contributed by atoms with E-state index in [9.17, 15) is 19.5 Å². The molecule has 0 saturated heterocycles. The molecule has 0 aromatic heterocycles. The van der Waals surface area contributed by atoms with Crippen LogP contribution in [0, 0.1) is 0 Å². The first-order chi connectivity index (χ1) is 8.61. The number of hydrogen-bond acceptors (Lipinski definition) is 6. The summed E-state index contributed by atoms with van der Waals surface area (Å²) in [5, 5.41) is 28.0. The summed E-state index contributed by atoms with van der Waals surface area (Å²) in [6.45, 7) is 3.08. The molecule has 0 spiro atoms. The van der Waals surface area contributed by atoms with E-state index in [1.54, 1.807) is 6.26 Å². The number of carbonyl (C=O) groups excluding carboxylic acids is 1. The maximum absolute atomic E-state index is 11.8. The third-order valence-electron chi connectivity index (χ3n) is 2.99. The Morgan fingerprint density at radius 3 is 2.32 bits per heavy atom. The zero-order valence-corrected chi connectivity index (χ0v) is 10.9. The van der Waals surface area contributed by atoms with Crippen molar-refractivity contribution in [1.29, 1.82) is 0 Å². The molecule has 2 unspecified atom stereocenters. The Morgan fingerprint density at radius 1 is 1.42 bits per heavy atom. The first kappa shape index (κ1) is 15.4. The zero-order valence-electron chi connectivity index (χ0n) is 10.0. The summed E-state index contributed by atoms with van der Waals surface area (Å²) in [7, 11) is 0. The Morgan fingerprint density at radius 2 is 1.95 bits per heavy atom. The summed E-state index contributed by atoms with van der Waals surface area (Å²) >= 11 is 1.08. The SMILES string of the molecule is C=C(C(=O)O)C(=O)C1=CC(N)(C(=O)O)C1(O)CSC. The average molecular weight is 287 g/mol. The smallest absolute Gasteiger partial charge is 0.339 e. The molecule has 0 aromatic carbocycles. The van der Waals surface area contributed by atoms with Crippen LogP contribution < -0.4 is 5.73 Å². The quantitative estimate of drug-likeness (QED) is 0.277. The molecule has 0 heterocycles. The lowest BCUT2D eigenvalue weighted by atomic mass is 9.63. The van der Waals surface area contributed by atoms with Gasteiger partial charge in [0, 0.05) is 11.3 Å². The molecule has 19 heavy (non-hydrogen) atoms. The standard InChI is InChI=1S/C11H13NO6S/c1-5(8(14)15)7(13)6-3-10(12,9(16)17)11(6,18)4-19-2/h3,18H,1,4,12H2,2H3,(H,14,15)(H,16,17). The Bertz CT molecular complexity index is 513. The van der Waals surface area contributed by atoms with Gasteiger partial charge in [0.05, 0.1) is 5.57 Å². The number of rotatable bonds is 6. The summed E-state index contributed by atoms with van der Waals surface area (Å²) in [5.41, 5.74) is 0.218. The number of hydrogen-bond donors (Lipinski definition) is 4. The molecule has 1 rings (SSSR count). The molecule has 1 aliphatic carbocycles. The summed E-state index contributed by atoms with van der Waals surface area (Å²) in [6.07, 6.45) is 2.45. The zero-order chi connectivity index (χ0) is 15.0. The van der Waals surface area contributed by atoms with Gasteiger partial charge in [-0.2, -0.15) is 11.8 Å². The molecule has 5 N–H and O–H groups in total. The summed E-state index contributed by atoms with van der Waals surface area (Å²) < 4.78 is 0. The van der Waals surface area contributed by atoms with E-state index in [1.807, 2.05) is 0 Å². The van der Waals surface area contributed by atoms with Crippen LogP contribution in [0.1, 0.15) is 0 Å². The molecule has 0 aromatic rings. The van der Waals surface area contributed by atoms with Crippen molar-refractivity contribution in [2.75, 3.05) is 12.0 Å². The topological polar surface area (TPSA) is 138 Å². The molecule has 104 valence electrons. The van der Waals surface area contributed by atoms with Gasteiger partial charge in [0.2, 0.25) is 0 Å². The van der Waals surface area contributed by atoms with E-state index >= 15 is 0 Å². The summed E-state index contributed by atoms with van der Waals surface area (Å²) in [4.78, 5) is 33.5. The number of carboxylic acid groups (broad SMARTS) is 2. The molecule has 8 heteroatoms. The van der Waals surface area contributed by atoms with E-state index in [1.165, 1.54) is 0 Å². The van der Waals surface area contributed by atoms with E-state index in [-0.39, 0.29) is 11.3 Å². The van der Waals surface area contributed by atoms with Crippen LogP contribution in [0.15, 0.2) is 23.8 Å². The van der Waals surface area contributed by atoms with E-state index in [0.717, 1.165) is 17.8 Å². The monoisotopic (exact) mass is 287 g/mol. The fraction of sp³-hybridized carbons (Fsp3) is 0.364. The number of ketones is 1. The Labute approximate surface area is 112 Å². The second kappa shape index (κ2) is 4.80. The van der Waals surface area contributed by atoms with E-state index < -0.39 is 34.4 Å². The molecule has 0 bridgehead atoms. The van der Waals surface area contributed by atoms with Gasteiger partial charge in [-0.05, 0) is 12.3 Å². The number of aliphatic carboxylic acids is 2. The van der Waals surface area contributed by atoms with Crippen molar-refractivity contribution >= 4 is 29.5 Å². The van der Waals surface area contributed by atoms with E-state index in [4.69, 9.17) is 15.9 Å².